The van der Waals surface area contributed by atoms with Crippen LogP contribution in [-0.4, -0.2) is 36.3 Å². The largest absolute Gasteiger partial charge is 0.356 e. The molecule has 1 aromatic carbocycles. The normalized spacial score (nSPS) is 15.6. The van der Waals surface area contributed by atoms with E-state index in [0.717, 1.165) is 32.4 Å². The van der Waals surface area contributed by atoms with Crippen LogP contribution in [0.25, 0.3) is 0 Å². The fourth-order valence-corrected chi connectivity index (χ4v) is 3.06. The van der Waals surface area contributed by atoms with E-state index >= 15 is 0 Å². The second-order valence-electron chi connectivity index (χ2n) is 6.98. The van der Waals surface area contributed by atoms with Crippen LogP contribution in [0.3, 0.4) is 0 Å². The molecular formula is C19H27FN2O2. The van der Waals surface area contributed by atoms with Gasteiger partial charge in [-0.15, -0.1) is 0 Å². The van der Waals surface area contributed by atoms with Crippen molar-refractivity contribution in [2.45, 2.75) is 39.5 Å². The van der Waals surface area contributed by atoms with Crippen LogP contribution >= 0.6 is 0 Å². The predicted molar refractivity (Wildman–Crippen MR) is 92.1 cm³/mol. The molecule has 4 nitrogen and oxygen atoms in total. The second-order valence-corrected chi connectivity index (χ2v) is 6.98. The van der Waals surface area contributed by atoms with E-state index in [1.165, 1.54) is 24.3 Å². The van der Waals surface area contributed by atoms with Crippen molar-refractivity contribution in [3.8, 4) is 0 Å². The van der Waals surface area contributed by atoms with Crippen molar-refractivity contribution in [3.05, 3.63) is 35.6 Å². The molecule has 0 aliphatic carbocycles. The molecule has 24 heavy (non-hydrogen) atoms. The Bertz CT molecular complexity index is 549. The van der Waals surface area contributed by atoms with Gasteiger partial charge >= 0.3 is 0 Å². The zero-order valence-corrected chi connectivity index (χ0v) is 14.6. The molecule has 1 aromatic rings. The van der Waals surface area contributed by atoms with E-state index in [0.29, 0.717) is 30.4 Å². The predicted octanol–water partition coefficient (Wildman–Crippen LogP) is 3.23. The first-order valence-electron chi connectivity index (χ1n) is 8.77. The fourth-order valence-electron chi connectivity index (χ4n) is 3.06. The van der Waals surface area contributed by atoms with Crippen molar-refractivity contribution in [1.82, 2.24) is 10.2 Å². The van der Waals surface area contributed by atoms with Gasteiger partial charge in [0.2, 0.25) is 5.91 Å². The van der Waals surface area contributed by atoms with Gasteiger partial charge in [-0.1, -0.05) is 13.8 Å². The Hall–Kier alpha value is -1.91. The molecule has 1 saturated heterocycles. The number of halogens is 1. The summed E-state index contributed by atoms with van der Waals surface area (Å²) >= 11 is 0. The molecule has 1 aliphatic rings. The van der Waals surface area contributed by atoms with E-state index in [1.807, 2.05) is 18.7 Å². The minimum Gasteiger partial charge on any atom is -0.356 e. The molecule has 1 heterocycles. The fraction of sp³-hybridized carbons (Fsp3) is 0.579. The molecule has 0 atom stereocenters. The molecule has 2 rings (SSSR count). The quantitative estimate of drug-likeness (QED) is 0.868. The molecule has 2 amide bonds. The Kier molecular flexibility index (Phi) is 6.76. The lowest BCUT2D eigenvalue weighted by Crippen LogP contribution is -2.39. The van der Waals surface area contributed by atoms with Crippen LogP contribution < -0.4 is 5.32 Å². The standard InChI is InChI=1S/C19H27FN2O2/c1-14(2)13-18(23)21-10-7-15-8-11-22(12-9-15)19(24)16-3-5-17(20)6-4-16/h3-6,14-15H,7-13H2,1-2H3,(H,21,23). The molecule has 0 aromatic heterocycles. The average molecular weight is 334 g/mol. The number of amides is 2. The van der Waals surface area contributed by atoms with Gasteiger partial charge in [-0.2, -0.15) is 0 Å². The lowest BCUT2D eigenvalue weighted by Gasteiger charge is -2.32. The Morgan fingerprint density at radius 1 is 1.21 bits per heavy atom. The van der Waals surface area contributed by atoms with Gasteiger partial charge in [-0.25, -0.2) is 4.39 Å². The lowest BCUT2D eigenvalue weighted by molar-refractivity contribution is -0.121. The summed E-state index contributed by atoms with van der Waals surface area (Å²) in [5, 5.41) is 2.97. The monoisotopic (exact) mass is 334 g/mol. The summed E-state index contributed by atoms with van der Waals surface area (Å²) < 4.78 is 12.9. The number of benzene rings is 1. The van der Waals surface area contributed by atoms with Gasteiger partial charge in [0.25, 0.3) is 5.91 Å². The summed E-state index contributed by atoms with van der Waals surface area (Å²) in [7, 11) is 0. The third-order valence-corrected chi connectivity index (χ3v) is 4.46. The number of piperidine rings is 1. The highest BCUT2D eigenvalue weighted by Gasteiger charge is 2.23. The third kappa shape index (κ3) is 5.62. The summed E-state index contributed by atoms with van der Waals surface area (Å²) in [6.07, 6.45) is 3.44. The number of nitrogens with one attached hydrogen (secondary N) is 1. The van der Waals surface area contributed by atoms with Crippen molar-refractivity contribution in [3.63, 3.8) is 0 Å². The van der Waals surface area contributed by atoms with Crippen molar-refractivity contribution in [2.75, 3.05) is 19.6 Å². The minimum absolute atomic E-state index is 0.0290. The van der Waals surface area contributed by atoms with E-state index in [4.69, 9.17) is 0 Å². The molecule has 0 unspecified atom stereocenters. The van der Waals surface area contributed by atoms with E-state index < -0.39 is 0 Å². The van der Waals surface area contributed by atoms with Crippen molar-refractivity contribution >= 4 is 11.8 Å². The van der Waals surface area contributed by atoms with E-state index in [9.17, 15) is 14.0 Å². The smallest absolute Gasteiger partial charge is 0.253 e. The van der Waals surface area contributed by atoms with Crippen LogP contribution in [0.5, 0.6) is 0 Å². The van der Waals surface area contributed by atoms with Crippen LogP contribution in [0, 0.1) is 17.7 Å². The van der Waals surface area contributed by atoms with Crippen molar-refractivity contribution < 1.29 is 14.0 Å². The first kappa shape index (κ1) is 18.4. The number of rotatable bonds is 6. The number of carbonyl (C=O) groups is 2. The number of nitrogens with zero attached hydrogens (tertiary/aromatic N) is 1. The second kappa shape index (κ2) is 8.81. The third-order valence-electron chi connectivity index (χ3n) is 4.46. The molecule has 5 heteroatoms. The molecule has 1 fully saturated rings. The van der Waals surface area contributed by atoms with Crippen LogP contribution in [0.2, 0.25) is 0 Å². The van der Waals surface area contributed by atoms with Gasteiger partial charge in [0.1, 0.15) is 5.82 Å². The Balaban J connectivity index is 1.70. The van der Waals surface area contributed by atoms with Gasteiger partial charge < -0.3 is 10.2 Å². The summed E-state index contributed by atoms with van der Waals surface area (Å²) in [5.74, 6) is 0.685. The molecule has 1 N–H and O–H groups in total. The zero-order chi connectivity index (χ0) is 17.5. The number of carbonyl (C=O) groups excluding carboxylic acids is 2. The van der Waals surface area contributed by atoms with Crippen LogP contribution in [0.4, 0.5) is 4.39 Å². The van der Waals surface area contributed by atoms with E-state index in [2.05, 4.69) is 5.32 Å². The number of hydrogen-bond acceptors (Lipinski definition) is 2. The van der Waals surface area contributed by atoms with Crippen LogP contribution in [0.15, 0.2) is 24.3 Å². The Morgan fingerprint density at radius 2 is 1.83 bits per heavy atom. The zero-order valence-electron chi connectivity index (χ0n) is 14.6. The maximum Gasteiger partial charge on any atom is 0.253 e. The van der Waals surface area contributed by atoms with Crippen molar-refractivity contribution in [2.24, 2.45) is 11.8 Å². The summed E-state index contributed by atoms with van der Waals surface area (Å²) in [6, 6.07) is 5.71. The highest BCUT2D eigenvalue weighted by Crippen LogP contribution is 2.21. The highest BCUT2D eigenvalue weighted by molar-refractivity contribution is 5.94. The van der Waals surface area contributed by atoms with Gasteiger partial charge in [-0.05, 0) is 55.4 Å². The van der Waals surface area contributed by atoms with Crippen LogP contribution in [0.1, 0.15) is 49.9 Å². The van der Waals surface area contributed by atoms with Gasteiger partial charge in [0.05, 0.1) is 0 Å². The topological polar surface area (TPSA) is 49.4 Å². The molecule has 1 aliphatic heterocycles. The molecule has 0 saturated carbocycles. The number of likely N-dealkylation sites (tertiary alicyclic amines) is 1. The van der Waals surface area contributed by atoms with E-state index in [1.54, 1.807) is 0 Å². The average Bonchev–Trinajstić information content (AvgIpc) is 2.55. The Labute approximate surface area is 143 Å². The maximum absolute atomic E-state index is 12.9. The summed E-state index contributed by atoms with van der Waals surface area (Å²) in [6.45, 7) is 6.23. The van der Waals surface area contributed by atoms with Crippen molar-refractivity contribution in [1.29, 1.82) is 0 Å². The lowest BCUT2D eigenvalue weighted by atomic mass is 9.93. The molecular weight excluding hydrogens is 307 g/mol. The summed E-state index contributed by atoms with van der Waals surface area (Å²) in [4.78, 5) is 25.8. The molecule has 132 valence electrons. The molecule has 0 spiro atoms. The maximum atomic E-state index is 12.9. The van der Waals surface area contributed by atoms with E-state index in [-0.39, 0.29) is 17.6 Å². The highest BCUT2D eigenvalue weighted by atomic mass is 19.1. The van der Waals surface area contributed by atoms with Crippen LogP contribution in [-0.2, 0) is 4.79 Å². The first-order valence-corrected chi connectivity index (χ1v) is 8.77. The number of hydrogen-bond donors (Lipinski definition) is 1. The van der Waals surface area contributed by atoms with Gasteiger partial charge in [-0.3, -0.25) is 9.59 Å². The van der Waals surface area contributed by atoms with Gasteiger partial charge in [0.15, 0.2) is 0 Å². The first-order chi connectivity index (χ1) is 11.5. The van der Waals surface area contributed by atoms with Gasteiger partial charge in [0, 0.05) is 31.6 Å². The SMILES string of the molecule is CC(C)CC(=O)NCCC1CCN(C(=O)c2ccc(F)cc2)CC1. The molecule has 0 bridgehead atoms. The Morgan fingerprint density at radius 3 is 2.42 bits per heavy atom. The minimum atomic E-state index is -0.329. The molecule has 0 radical (unpaired) electrons. The summed E-state index contributed by atoms with van der Waals surface area (Å²) in [5.41, 5.74) is 0.538.